The number of alkyl halides is 3. The van der Waals surface area contributed by atoms with Crippen LogP contribution < -0.4 is 5.32 Å². The molecule has 2 atom stereocenters. The van der Waals surface area contributed by atoms with E-state index < -0.39 is 50.7 Å². The van der Waals surface area contributed by atoms with Crippen LogP contribution in [0.2, 0.25) is 18.1 Å². The first-order valence-corrected chi connectivity index (χ1v) is 19.8. The molecule has 0 bridgehead atoms. The number of hydrogen-bond donors (Lipinski definition) is 1. The van der Waals surface area contributed by atoms with Crippen molar-refractivity contribution in [3.8, 4) is 11.6 Å². The molecule has 272 valence electrons. The second-order valence-corrected chi connectivity index (χ2v) is 20.0. The lowest BCUT2D eigenvalue weighted by Gasteiger charge is -2.38. The molecule has 0 saturated carbocycles. The smallest absolute Gasteiger partial charge is 0.426 e. The number of nitrogens with zero attached hydrogens (tertiary/aromatic N) is 3. The van der Waals surface area contributed by atoms with Gasteiger partial charge in [-0.25, -0.2) is 9.78 Å². The molecule has 0 aliphatic heterocycles. The Morgan fingerprint density at radius 3 is 2.29 bits per heavy atom. The molecule has 0 spiro atoms. The maximum absolute atomic E-state index is 15.2. The van der Waals surface area contributed by atoms with Crippen molar-refractivity contribution in [2.75, 3.05) is 18.5 Å². The standard InChI is InChI=1S/C34H48BrF3N4O6Si/c1-22-20-25(39-30(43)47-31(3,4)5)26(40-27(22)35)28-41-42-29(46-28)33(34(36,37)38,45-21-24-14-12-11-13-15-24)17-19-44-18-16-23(2)48-49(9,10)32(6,7)8/h11-15,20,23H,16-19,21H2,1-10H3,(H,39,43)/t23-,33?/m0/s1. The summed E-state index contributed by atoms with van der Waals surface area (Å²) in [5, 5.41) is 10.4. The van der Waals surface area contributed by atoms with E-state index in [1.165, 1.54) is 0 Å². The molecule has 0 aliphatic carbocycles. The van der Waals surface area contributed by atoms with Crippen LogP contribution in [0.25, 0.3) is 11.6 Å². The normalized spacial score (nSPS) is 14.7. The van der Waals surface area contributed by atoms with Crippen LogP contribution in [0.4, 0.5) is 23.7 Å². The van der Waals surface area contributed by atoms with Gasteiger partial charge in [0.05, 0.1) is 18.9 Å². The van der Waals surface area contributed by atoms with Crippen LogP contribution in [0.5, 0.6) is 0 Å². The quantitative estimate of drug-likeness (QED) is 0.0971. The molecule has 1 amide bonds. The predicted molar refractivity (Wildman–Crippen MR) is 187 cm³/mol. The Labute approximate surface area is 296 Å². The first-order chi connectivity index (χ1) is 22.5. The summed E-state index contributed by atoms with van der Waals surface area (Å²) in [6.07, 6.45) is -6.09. The number of anilines is 1. The van der Waals surface area contributed by atoms with E-state index in [4.69, 9.17) is 23.1 Å². The van der Waals surface area contributed by atoms with Crippen molar-refractivity contribution in [1.82, 2.24) is 15.2 Å². The average molecular weight is 774 g/mol. The largest absolute Gasteiger partial charge is 0.444 e. The molecule has 0 aliphatic rings. The van der Waals surface area contributed by atoms with E-state index in [1.807, 2.05) is 6.92 Å². The van der Waals surface area contributed by atoms with Gasteiger partial charge in [0.15, 0.2) is 14.0 Å². The third-order valence-corrected chi connectivity index (χ3v) is 13.5. The zero-order valence-corrected chi connectivity index (χ0v) is 32.5. The minimum atomic E-state index is -4.99. The number of halogens is 4. The molecular formula is C34H48BrF3N4O6Si. The van der Waals surface area contributed by atoms with E-state index in [0.29, 0.717) is 22.2 Å². The van der Waals surface area contributed by atoms with Gasteiger partial charge >= 0.3 is 12.3 Å². The number of carbonyl (C=O) groups excluding carboxylic acids is 1. The molecule has 0 saturated heterocycles. The Hall–Kier alpha value is -2.85. The molecule has 0 fully saturated rings. The number of rotatable bonds is 14. The van der Waals surface area contributed by atoms with Gasteiger partial charge in [-0.3, -0.25) is 5.32 Å². The lowest BCUT2D eigenvalue weighted by atomic mass is 9.98. The van der Waals surface area contributed by atoms with Crippen molar-refractivity contribution in [3.63, 3.8) is 0 Å². The fourth-order valence-electron chi connectivity index (χ4n) is 4.42. The lowest BCUT2D eigenvalue weighted by Crippen LogP contribution is -2.46. The Bertz CT molecular complexity index is 1540. The molecule has 49 heavy (non-hydrogen) atoms. The number of nitrogens with one attached hydrogen (secondary N) is 1. The number of amides is 1. The number of benzene rings is 1. The van der Waals surface area contributed by atoms with Crippen molar-refractivity contribution < 1.29 is 41.0 Å². The zero-order chi connectivity index (χ0) is 36.8. The summed E-state index contributed by atoms with van der Waals surface area (Å²) in [6.45, 7) is 18.9. The Balaban J connectivity index is 1.92. The molecule has 0 radical (unpaired) electrons. The Morgan fingerprint density at radius 1 is 1.04 bits per heavy atom. The fraction of sp³-hybridized carbons (Fsp3) is 0.588. The van der Waals surface area contributed by atoms with Crippen molar-refractivity contribution in [2.45, 2.75) is 116 Å². The summed E-state index contributed by atoms with van der Waals surface area (Å²) in [5.74, 6) is -1.19. The van der Waals surface area contributed by atoms with Crippen molar-refractivity contribution in [1.29, 1.82) is 0 Å². The molecule has 3 rings (SSSR count). The lowest BCUT2D eigenvalue weighted by molar-refractivity contribution is -0.302. The maximum Gasteiger partial charge on any atom is 0.426 e. The number of aromatic nitrogens is 3. The molecule has 2 heterocycles. The van der Waals surface area contributed by atoms with Crippen molar-refractivity contribution in [2.24, 2.45) is 0 Å². The highest BCUT2D eigenvalue weighted by atomic mass is 79.9. The van der Waals surface area contributed by atoms with Crippen LogP contribution in [-0.2, 0) is 30.8 Å². The van der Waals surface area contributed by atoms with Crippen LogP contribution in [0.3, 0.4) is 0 Å². The Kier molecular flexibility index (Phi) is 13.3. The SMILES string of the molecule is Cc1cc(NC(=O)OC(C)(C)C)c(-c2nnc(C(CCOCC[C@H](C)O[Si](C)(C)C(C)(C)C)(OCc3ccccc3)C(F)(F)F)o2)nc1Br. The van der Waals surface area contributed by atoms with Gasteiger partial charge in [0.2, 0.25) is 5.60 Å². The number of carbonyl (C=O) groups is 1. The minimum Gasteiger partial charge on any atom is -0.444 e. The van der Waals surface area contributed by atoms with Gasteiger partial charge in [-0.2, -0.15) is 13.2 Å². The number of pyridine rings is 1. The summed E-state index contributed by atoms with van der Waals surface area (Å²) in [7, 11) is -2.03. The molecule has 3 aromatic rings. The fourth-order valence-corrected chi connectivity index (χ4v) is 6.19. The Morgan fingerprint density at radius 2 is 1.69 bits per heavy atom. The monoisotopic (exact) mass is 772 g/mol. The number of ether oxygens (including phenoxy) is 3. The van der Waals surface area contributed by atoms with Gasteiger partial charge in [-0.15, -0.1) is 10.2 Å². The van der Waals surface area contributed by atoms with Crippen LogP contribution in [0.15, 0.2) is 45.4 Å². The van der Waals surface area contributed by atoms with Gasteiger partial charge < -0.3 is 23.1 Å². The summed E-state index contributed by atoms with van der Waals surface area (Å²) in [6, 6.07) is 10.0. The summed E-state index contributed by atoms with van der Waals surface area (Å²) >= 11 is 3.33. The summed E-state index contributed by atoms with van der Waals surface area (Å²) in [5.41, 5.74) is -2.65. The van der Waals surface area contributed by atoms with E-state index in [2.05, 4.69) is 70.3 Å². The molecule has 2 aromatic heterocycles. The molecule has 1 N–H and O–H groups in total. The van der Waals surface area contributed by atoms with Crippen LogP contribution in [0, 0.1) is 6.92 Å². The van der Waals surface area contributed by atoms with Gasteiger partial charge in [0.25, 0.3) is 11.8 Å². The van der Waals surface area contributed by atoms with Gasteiger partial charge in [0, 0.05) is 19.1 Å². The predicted octanol–water partition coefficient (Wildman–Crippen LogP) is 9.73. The van der Waals surface area contributed by atoms with Crippen LogP contribution >= 0.6 is 15.9 Å². The van der Waals surface area contributed by atoms with E-state index in [0.717, 1.165) is 0 Å². The van der Waals surface area contributed by atoms with E-state index in [9.17, 15) is 4.79 Å². The molecule has 15 heteroatoms. The van der Waals surface area contributed by atoms with Crippen LogP contribution in [0.1, 0.15) is 78.3 Å². The van der Waals surface area contributed by atoms with E-state index in [-0.39, 0.29) is 41.6 Å². The molecular weight excluding hydrogens is 725 g/mol. The van der Waals surface area contributed by atoms with Gasteiger partial charge in [-0.1, -0.05) is 51.1 Å². The zero-order valence-electron chi connectivity index (χ0n) is 29.9. The molecule has 10 nitrogen and oxygen atoms in total. The van der Waals surface area contributed by atoms with Gasteiger partial charge in [-0.05, 0) is 92.3 Å². The molecule has 1 aromatic carbocycles. The topological polar surface area (TPSA) is 118 Å². The average Bonchev–Trinajstić information content (AvgIpc) is 3.44. The highest BCUT2D eigenvalue weighted by Crippen LogP contribution is 2.46. The highest BCUT2D eigenvalue weighted by molar-refractivity contribution is 9.10. The summed E-state index contributed by atoms with van der Waals surface area (Å²) < 4.78 is 74.9. The van der Waals surface area contributed by atoms with Crippen molar-refractivity contribution >= 4 is 36.0 Å². The summed E-state index contributed by atoms with van der Waals surface area (Å²) in [4.78, 5) is 17.0. The second-order valence-electron chi connectivity index (χ2n) is 14.5. The van der Waals surface area contributed by atoms with E-state index in [1.54, 1.807) is 64.1 Å². The second kappa shape index (κ2) is 16.0. The first-order valence-electron chi connectivity index (χ1n) is 16.1. The van der Waals surface area contributed by atoms with Crippen molar-refractivity contribution in [3.05, 3.63) is 58.0 Å². The maximum atomic E-state index is 15.2. The third-order valence-electron chi connectivity index (χ3n) is 8.12. The first kappa shape index (κ1) is 40.6. The van der Waals surface area contributed by atoms with E-state index >= 15 is 13.2 Å². The third kappa shape index (κ3) is 11.1. The van der Waals surface area contributed by atoms with Gasteiger partial charge in [0.1, 0.15) is 10.2 Å². The number of aryl methyl sites for hydroxylation is 1. The number of hydrogen-bond acceptors (Lipinski definition) is 9. The minimum absolute atomic E-state index is 0.0180. The highest BCUT2D eigenvalue weighted by Gasteiger charge is 2.61. The molecule has 1 unspecified atom stereocenters. The van der Waals surface area contributed by atoms with Crippen LogP contribution in [-0.4, -0.2) is 60.7 Å².